The molecule has 0 unspecified atom stereocenters. The topological polar surface area (TPSA) is 75.7 Å². The summed E-state index contributed by atoms with van der Waals surface area (Å²) >= 11 is 5.98. The molecular formula is C17H17ClN2O4S. The van der Waals surface area contributed by atoms with E-state index < -0.39 is 10.0 Å². The van der Waals surface area contributed by atoms with Crippen molar-refractivity contribution in [2.45, 2.75) is 18.2 Å². The molecule has 0 radical (unpaired) electrons. The second-order valence-electron chi connectivity index (χ2n) is 5.55. The highest BCUT2D eigenvalue weighted by atomic mass is 35.5. The van der Waals surface area contributed by atoms with Crippen LogP contribution in [0.5, 0.6) is 5.75 Å². The first-order chi connectivity index (χ1) is 11.9. The number of hydrogen-bond acceptors (Lipinski definition) is 4. The number of amides is 1. The average Bonchev–Trinajstić information content (AvgIpc) is 2.57. The number of nitrogens with one attached hydrogen (secondary N) is 1. The van der Waals surface area contributed by atoms with Gasteiger partial charge in [0.15, 0.2) is 6.61 Å². The predicted octanol–water partition coefficient (Wildman–Crippen LogP) is 3.28. The highest BCUT2D eigenvalue weighted by molar-refractivity contribution is 7.92. The Labute approximate surface area is 151 Å². The minimum absolute atomic E-state index is 0.00729. The maximum atomic E-state index is 12.6. The lowest BCUT2D eigenvalue weighted by Gasteiger charge is -2.29. The van der Waals surface area contributed by atoms with Crippen LogP contribution >= 0.6 is 11.6 Å². The molecule has 1 aliphatic heterocycles. The lowest BCUT2D eigenvalue weighted by Crippen LogP contribution is -2.39. The standard InChI is InChI=1S/C17H17ClN2O4S/c1-2-9-20-14-10-12(7-8-15(14)24-11-17(20)21)19-25(22,23)16-6-4-3-5-13(16)18/h3-8,10,19H,2,9,11H2,1H3. The molecule has 0 saturated carbocycles. The van der Waals surface area contributed by atoms with Gasteiger partial charge in [-0.05, 0) is 36.8 Å². The van der Waals surface area contributed by atoms with Gasteiger partial charge in [-0.2, -0.15) is 0 Å². The normalized spacial score (nSPS) is 14.0. The molecule has 0 aromatic heterocycles. The first-order valence-corrected chi connectivity index (χ1v) is 9.63. The molecule has 1 N–H and O–H groups in total. The maximum Gasteiger partial charge on any atom is 0.265 e. The van der Waals surface area contributed by atoms with Gasteiger partial charge >= 0.3 is 0 Å². The lowest BCUT2D eigenvalue weighted by molar-refractivity contribution is -0.121. The number of hydrogen-bond donors (Lipinski definition) is 1. The van der Waals surface area contributed by atoms with Crippen LogP contribution in [-0.4, -0.2) is 27.5 Å². The molecule has 3 rings (SSSR count). The van der Waals surface area contributed by atoms with Crippen LogP contribution < -0.4 is 14.4 Å². The average molecular weight is 381 g/mol. The monoisotopic (exact) mass is 380 g/mol. The second-order valence-corrected chi connectivity index (χ2v) is 7.61. The van der Waals surface area contributed by atoms with Crippen LogP contribution in [0.1, 0.15) is 13.3 Å². The molecule has 0 atom stereocenters. The summed E-state index contributed by atoms with van der Waals surface area (Å²) in [4.78, 5) is 13.7. The Kier molecular flexibility index (Phi) is 4.87. The Hall–Kier alpha value is -2.25. The number of nitrogens with zero attached hydrogens (tertiary/aromatic N) is 1. The van der Waals surface area contributed by atoms with Crippen LogP contribution in [-0.2, 0) is 14.8 Å². The molecule has 2 aromatic carbocycles. The fourth-order valence-electron chi connectivity index (χ4n) is 2.61. The van der Waals surface area contributed by atoms with Gasteiger partial charge in [0.1, 0.15) is 10.6 Å². The molecular weight excluding hydrogens is 364 g/mol. The van der Waals surface area contributed by atoms with Crippen molar-refractivity contribution >= 4 is 38.9 Å². The second kappa shape index (κ2) is 6.93. The Morgan fingerprint density at radius 1 is 1.24 bits per heavy atom. The summed E-state index contributed by atoms with van der Waals surface area (Å²) in [6.07, 6.45) is 0.779. The summed E-state index contributed by atoms with van der Waals surface area (Å²) in [5, 5.41) is 0.138. The van der Waals surface area contributed by atoms with Gasteiger partial charge in [-0.1, -0.05) is 30.7 Å². The van der Waals surface area contributed by atoms with Gasteiger partial charge in [0.05, 0.1) is 16.4 Å². The van der Waals surface area contributed by atoms with Crippen molar-refractivity contribution in [3.05, 3.63) is 47.5 Å². The molecule has 1 aliphatic rings. The van der Waals surface area contributed by atoms with E-state index >= 15 is 0 Å². The third kappa shape index (κ3) is 3.57. The number of sulfonamides is 1. The number of fused-ring (bicyclic) bond motifs is 1. The van der Waals surface area contributed by atoms with Crippen LogP contribution in [0.25, 0.3) is 0 Å². The first-order valence-electron chi connectivity index (χ1n) is 7.77. The minimum Gasteiger partial charge on any atom is -0.482 e. The molecule has 0 saturated heterocycles. The summed E-state index contributed by atoms with van der Waals surface area (Å²) < 4.78 is 33.0. The van der Waals surface area contributed by atoms with Crippen molar-refractivity contribution in [2.75, 3.05) is 22.8 Å². The predicted molar refractivity (Wildman–Crippen MR) is 96.8 cm³/mol. The highest BCUT2D eigenvalue weighted by Gasteiger charge is 2.26. The molecule has 6 nitrogen and oxygen atoms in total. The molecule has 132 valence electrons. The van der Waals surface area contributed by atoms with Gasteiger partial charge in [-0.25, -0.2) is 8.42 Å². The van der Waals surface area contributed by atoms with Crippen molar-refractivity contribution in [1.29, 1.82) is 0 Å². The number of halogens is 1. The van der Waals surface area contributed by atoms with Gasteiger partial charge in [0.2, 0.25) is 0 Å². The van der Waals surface area contributed by atoms with Gasteiger partial charge < -0.3 is 9.64 Å². The van der Waals surface area contributed by atoms with Gasteiger partial charge in [-0.3, -0.25) is 9.52 Å². The fraction of sp³-hybridized carbons (Fsp3) is 0.235. The molecule has 0 spiro atoms. The fourth-order valence-corrected chi connectivity index (χ4v) is 4.18. The number of carbonyl (C=O) groups excluding carboxylic acids is 1. The van der Waals surface area contributed by atoms with E-state index in [9.17, 15) is 13.2 Å². The first kappa shape index (κ1) is 17.6. The highest BCUT2D eigenvalue weighted by Crippen LogP contribution is 2.35. The van der Waals surface area contributed by atoms with Crippen LogP contribution in [0.2, 0.25) is 5.02 Å². The molecule has 8 heteroatoms. The van der Waals surface area contributed by atoms with Gasteiger partial charge in [0, 0.05) is 6.54 Å². The van der Waals surface area contributed by atoms with Crippen molar-refractivity contribution in [3.8, 4) is 5.75 Å². The van der Waals surface area contributed by atoms with Crippen LogP contribution in [0.4, 0.5) is 11.4 Å². The molecule has 25 heavy (non-hydrogen) atoms. The zero-order valence-electron chi connectivity index (χ0n) is 13.5. The van der Waals surface area contributed by atoms with E-state index in [-0.39, 0.29) is 22.4 Å². The number of anilines is 2. The quantitative estimate of drug-likeness (QED) is 0.863. The SMILES string of the molecule is CCCN1C(=O)COc2ccc(NS(=O)(=O)c3ccccc3Cl)cc21. The largest absolute Gasteiger partial charge is 0.482 e. The van der Waals surface area contributed by atoms with Crippen molar-refractivity contribution in [1.82, 2.24) is 0 Å². The number of ether oxygens (including phenoxy) is 1. The van der Waals surface area contributed by atoms with E-state index in [1.54, 1.807) is 35.2 Å². The van der Waals surface area contributed by atoms with Crippen LogP contribution in [0.15, 0.2) is 47.4 Å². The summed E-state index contributed by atoms with van der Waals surface area (Å²) in [6, 6.07) is 11.0. The zero-order valence-corrected chi connectivity index (χ0v) is 15.1. The summed E-state index contributed by atoms with van der Waals surface area (Å²) in [6.45, 7) is 2.49. The van der Waals surface area contributed by atoms with E-state index in [1.807, 2.05) is 6.92 Å². The van der Waals surface area contributed by atoms with E-state index in [1.165, 1.54) is 12.1 Å². The number of carbonyl (C=O) groups is 1. The third-order valence-corrected chi connectivity index (χ3v) is 5.61. The molecule has 0 bridgehead atoms. The van der Waals surface area contributed by atoms with E-state index in [0.717, 1.165) is 6.42 Å². The molecule has 2 aromatic rings. The summed E-state index contributed by atoms with van der Waals surface area (Å²) in [5.41, 5.74) is 0.885. The van der Waals surface area contributed by atoms with Crippen molar-refractivity contribution in [3.63, 3.8) is 0 Å². The van der Waals surface area contributed by atoms with Crippen molar-refractivity contribution in [2.24, 2.45) is 0 Å². The minimum atomic E-state index is -3.84. The van der Waals surface area contributed by atoms with E-state index in [0.29, 0.717) is 23.7 Å². The Bertz CT molecular complexity index is 915. The van der Waals surface area contributed by atoms with Gasteiger partial charge in [0.25, 0.3) is 15.9 Å². The number of benzene rings is 2. The molecule has 0 fully saturated rings. The molecule has 0 aliphatic carbocycles. The maximum absolute atomic E-state index is 12.6. The van der Waals surface area contributed by atoms with Crippen LogP contribution in [0, 0.1) is 0 Å². The van der Waals surface area contributed by atoms with Crippen molar-refractivity contribution < 1.29 is 17.9 Å². The number of rotatable bonds is 5. The summed E-state index contributed by atoms with van der Waals surface area (Å²) in [5.74, 6) is 0.397. The molecule has 1 heterocycles. The zero-order chi connectivity index (χ0) is 18.0. The van der Waals surface area contributed by atoms with Crippen LogP contribution in [0.3, 0.4) is 0 Å². The third-order valence-electron chi connectivity index (χ3n) is 3.73. The van der Waals surface area contributed by atoms with E-state index in [2.05, 4.69) is 4.72 Å². The van der Waals surface area contributed by atoms with E-state index in [4.69, 9.17) is 16.3 Å². The molecule has 1 amide bonds. The Morgan fingerprint density at radius 3 is 2.72 bits per heavy atom. The van der Waals surface area contributed by atoms with Gasteiger partial charge in [-0.15, -0.1) is 0 Å². The summed E-state index contributed by atoms with van der Waals surface area (Å²) in [7, 11) is -3.84. The Morgan fingerprint density at radius 2 is 2.00 bits per heavy atom. The lowest BCUT2D eigenvalue weighted by atomic mass is 10.2. The smallest absolute Gasteiger partial charge is 0.265 e. The Balaban J connectivity index is 1.95.